The summed E-state index contributed by atoms with van der Waals surface area (Å²) in [5, 5.41) is 2.90. The smallest absolute Gasteiger partial charge is 0.291 e. The second kappa shape index (κ2) is 7.35. The fraction of sp³-hybridized carbons (Fsp3) is 0.571. The SMILES string of the molecule is CCCCNC(=O)[C@@H]1CSCN1C(=O)c1oc(Br)cc1C. The first-order chi connectivity index (χ1) is 10.0. The minimum Gasteiger partial charge on any atom is -0.444 e. The van der Waals surface area contributed by atoms with Crippen molar-refractivity contribution in [2.24, 2.45) is 0 Å². The van der Waals surface area contributed by atoms with Gasteiger partial charge in [0.15, 0.2) is 10.4 Å². The third-order valence-electron chi connectivity index (χ3n) is 3.36. The summed E-state index contributed by atoms with van der Waals surface area (Å²) in [7, 11) is 0. The summed E-state index contributed by atoms with van der Waals surface area (Å²) in [6, 6.07) is 1.34. The molecule has 21 heavy (non-hydrogen) atoms. The van der Waals surface area contributed by atoms with Gasteiger partial charge >= 0.3 is 0 Å². The van der Waals surface area contributed by atoms with E-state index in [1.54, 1.807) is 22.7 Å². The first-order valence-corrected chi connectivity index (χ1v) is 8.91. The number of unbranched alkanes of at least 4 members (excludes halogenated alkanes) is 1. The zero-order chi connectivity index (χ0) is 15.4. The Labute approximate surface area is 136 Å². The minimum absolute atomic E-state index is 0.0786. The van der Waals surface area contributed by atoms with Gasteiger partial charge in [0, 0.05) is 17.9 Å². The van der Waals surface area contributed by atoms with Gasteiger partial charge in [-0.05, 0) is 35.3 Å². The Morgan fingerprint density at radius 3 is 2.95 bits per heavy atom. The molecule has 2 rings (SSSR count). The number of carbonyl (C=O) groups is 2. The summed E-state index contributed by atoms with van der Waals surface area (Å²) in [6.45, 7) is 4.55. The monoisotopic (exact) mass is 374 g/mol. The summed E-state index contributed by atoms with van der Waals surface area (Å²) in [4.78, 5) is 26.3. The lowest BCUT2D eigenvalue weighted by atomic mass is 10.2. The van der Waals surface area contributed by atoms with Crippen LogP contribution >= 0.6 is 27.7 Å². The van der Waals surface area contributed by atoms with Crippen LogP contribution in [0.5, 0.6) is 0 Å². The van der Waals surface area contributed by atoms with Crippen molar-refractivity contribution >= 4 is 39.5 Å². The molecule has 116 valence electrons. The number of nitrogens with zero attached hydrogens (tertiary/aromatic N) is 1. The molecule has 2 heterocycles. The number of amides is 2. The molecule has 1 N–H and O–H groups in total. The lowest BCUT2D eigenvalue weighted by molar-refractivity contribution is -0.124. The van der Waals surface area contributed by atoms with Crippen LogP contribution in [0, 0.1) is 6.92 Å². The maximum atomic E-state index is 12.5. The minimum atomic E-state index is -0.414. The predicted octanol–water partition coefficient (Wildman–Crippen LogP) is 2.78. The average molecular weight is 375 g/mol. The molecule has 0 unspecified atom stereocenters. The van der Waals surface area contributed by atoms with E-state index in [1.165, 1.54) is 0 Å². The van der Waals surface area contributed by atoms with E-state index in [0.29, 0.717) is 28.6 Å². The third kappa shape index (κ3) is 3.83. The summed E-state index contributed by atoms with van der Waals surface area (Å²) < 4.78 is 5.93. The zero-order valence-corrected chi connectivity index (χ0v) is 14.6. The second-order valence-corrected chi connectivity index (χ2v) is 6.78. The Morgan fingerprint density at radius 1 is 1.57 bits per heavy atom. The molecule has 0 bridgehead atoms. The molecule has 1 aliphatic rings. The number of hydrogen-bond acceptors (Lipinski definition) is 4. The molecule has 0 aliphatic carbocycles. The summed E-state index contributed by atoms with van der Waals surface area (Å²) in [5.74, 6) is 1.15. The topological polar surface area (TPSA) is 62.6 Å². The first-order valence-electron chi connectivity index (χ1n) is 6.97. The van der Waals surface area contributed by atoms with Crippen LogP contribution in [0.3, 0.4) is 0 Å². The van der Waals surface area contributed by atoms with Crippen LogP contribution in [0.15, 0.2) is 15.2 Å². The van der Waals surface area contributed by atoms with E-state index in [2.05, 4.69) is 28.2 Å². The van der Waals surface area contributed by atoms with Crippen molar-refractivity contribution in [2.75, 3.05) is 18.2 Å². The molecule has 0 radical (unpaired) electrons. The molecule has 1 aliphatic heterocycles. The maximum absolute atomic E-state index is 12.5. The molecule has 1 fully saturated rings. The summed E-state index contributed by atoms with van der Waals surface area (Å²) in [6.07, 6.45) is 1.98. The van der Waals surface area contributed by atoms with E-state index in [0.717, 1.165) is 18.4 Å². The number of hydrogen-bond donors (Lipinski definition) is 1. The Hall–Kier alpha value is -0.950. The number of halogens is 1. The van der Waals surface area contributed by atoms with Gasteiger partial charge < -0.3 is 14.6 Å². The molecule has 0 saturated carbocycles. The van der Waals surface area contributed by atoms with E-state index < -0.39 is 6.04 Å². The Balaban J connectivity index is 2.06. The van der Waals surface area contributed by atoms with E-state index in [9.17, 15) is 9.59 Å². The zero-order valence-electron chi connectivity index (χ0n) is 12.1. The second-order valence-electron chi connectivity index (χ2n) is 5.00. The molecular weight excluding hydrogens is 356 g/mol. The van der Waals surface area contributed by atoms with Gasteiger partial charge in [0.1, 0.15) is 6.04 Å². The Morgan fingerprint density at radius 2 is 2.33 bits per heavy atom. The lowest BCUT2D eigenvalue weighted by Gasteiger charge is -2.22. The Bertz CT molecular complexity index is 532. The van der Waals surface area contributed by atoms with Crippen molar-refractivity contribution in [1.29, 1.82) is 0 Å². The van der Waals surface area contributed by atoms with Crippen molar-refractivity contribution in [2.45, 2.75) is 32.7 Å². The highest BCUT2D eigenvalue weighted by atomic mass is 79.9. The molecule has 0 aromatic carbocycles. The van der Waals surface area contributed by atoms with Gasteiger partial charge in [-0.3, -0.25) is 9.59 Å². The maximum Gasteiger partial charge on any atom is 0.291 e. The molecular formula is C14H19BrN2O3S. The molecule has 1 aromatic heterocycles. The first kappa shape index (κ1) is 16.4. The van der Waals surface area contributed by atoms with Crippen LogP contribution in [0.25, 0.3) is 0 Å². The number of carbonyl (C=O) groups excluding carboxylic acids is 2. The van der Waals surface area contributed by atoms with Gasteiger partial charge in [0.05, 0.1) is 5.88 Å². The van der Waals surface area contributed by atoms with E-state index in [1.807, 2.05) is 6.92 Å². The summed E-state index contributed by atoms with van der Waals surface area (Å²) in [5.41, 5.74) is 0.772. The lowest BCUT2D eigenvalue weighted by Crippen LogP contribution is -2.47. The van der Waals surface area contributed by atoms with Crippen LogP contribution in [0.2, 0.25) is 0 Å². The highest BCUT2D eigenvalue weighted by Crippen LogP contribution is 2.27. The van der Waals surface area contributed by atoms with Gasteiger partial charge in [-0.2, -0.15) is 0 Å². The average Bonchev–Trinajstić information content (AvgIpc) is 3.04. The highest BCUT2D eigenvalue weighted by molar-refractivity contribution is 9.10. The van der Waals surface area contributed by atoms with Gasteiger partial charge in [-0.1, -0.05) is 13.3 Å². The van der Waals surface area contributed by atoms with Crippen LogP contribution in [0.4, 0.5) is 0 Å². The molecule has 1 aromatic rings. The van der Waals surface area contributed by atoms with Crippen molar-refractivity contribution in [3.8, 4) is 0 Å². The van der Waals surface area contributed by atoms with Gasteiger partial charge in [-0.15, -0.1) is 11.8 Å². The van der Waals surface area contributed by atoms with Crippen LogP contribution in [-0.2, 0) is 4.79 Å². The number of furan rings is 1. The van der Waals surface area contributed by atoms with E-state index in [4.69, 9.17) is 4.42 Å². The third-order valence-corrected chi connectivity index (χ3v) is 4.76. The number of rotatable bonds is 5. The van der Waals surface area contributed by atoms with E-state index >= 15 is 0 Å². The van der Waals surface area contributed by atoms with Crippen molar-refractivity contribution in [3.63, 3.8) is 0 Å². The quantitative estimate of drug-likeness (QED) is 0.804. The number of aryl methyl sites for hydroxylation is 1. The van der Waals surface area contributed by atoms with Gasteiger partial charge in [-0.25, -0.2) is 0 Å². The summed E-state index contributed by atoms with van der Waals surface area (Å²) >= 11 is 4.81. The van der Waals surface area contributed by atoms with Crippen LogP contribution in [-0.4, -0.2) is 40.9 Å². The fourth-order valence-electron chi connectivity index (χ4n) is 2.15. The molecule has 7 heteroatoms. The normalized spacial score (nSPS) is 18.0. The van der Waals surface area contributed by atoms with Gasteiger partial charge in [0.25, 0.3) is 5.91 Å². The van der Waals surface area contributed by atoms with Crippen molar-refractivity contribution < 1.29 is 14.0 Å². The van der Waals surface area contributed by atoms with Crippen LogP contribution < -0.4 is 5.32 Å². The van der Waals surface area contributed by atoms with Crippen molar-refractivity contribution in [1.82, 2.24) is 10.2 Å². The molecule has 1 saturated heterocycles. The van der Waals surface area contributed by atoms with Crippen molar-refractivity contribution in [3.05, 3.63) is 22.1 Å². The van der Waals surface area contributed by atoms with Gasteiger partial charge in [0.2, 0.25) is 5.91 Å². The largest absolute Gasteiger partial charge is 0.444 e. The highest BCUT2D eigenvalue weighted by Gasteiger charge is 2.36. The predicted molar refractivity (Wildman–Crippen MR) is 86.3 cm³/mol. The molecule has 0 spiro atoms. The number of nitrogens with one attached hydrogen (secondary N) is 1. The van der Waals surface area contributed by atoms with E-state index in [-0.39, 0.29) is 11.8 Å². The molecule has 2 amide bonds. The Kier molecular flexibility index (Phi) is 5.75. The molecule has 1 atom stereocenters. The number of thioether (sulfide) groups is 1. The molecule has 5 nitrogen and oxygen atoms in total. The van der Waals surface area contributed by atoms with Crippen LogP contribution in [0.1, 0.15) is 35.9 Å². The fourth-order valence-corrected chi connectivity index (χ4v) is 3.81. The standard InChI is InChI=1S/C14H19BrN2O3S/c1-3-4-5-16-13(18)10-7-21-8-17(10)14(19)12-9(2)6-11(15)20-12/h6,10H,3-5,7-8H2,1-2H3,(H,16,18)/t10-/m0/s1.